The van der Waals surface area contributed by atoms with E-state index in [0.717, 1.165) is 29.7 Å². The van der Waals surface area contributed by atoms with E-state index >= 15 is 0 Å². The molecule has 0 aliphatic carbocycles. The number of halogens is 1. The van der Waals surface area contributed by atoms with Crippen LogP contribution in [-0.4, -0.2) is 27.7 Å². The van der Waals surface area contributed by atoms with Gasteiger partial charge in [0.25, 0.3) is 0 Å². The highest BCUT2D eigenvalue weighted by atomic mass is 79.9. The number of sulfonamides is 1. The Labute approximate surface area is 120 Å². The van der Waals surface area contributed by atoms with Crippen molar-refractivity contribution in [3.63, 3.8) is 0 Å². The molecule has 4 nitrogen and oxygen atoms in total. The molecule has 18 heavy (non-hydrogen) atoms. The highest BCUT2D eigenvalue weighted by Gasteiger charge is 2.18. The third kappa shape index (κ3) is 4.03. The molecule has 1 atom stereocenters. The second-order valence-corrected chi connectivity index (χ2v) is 8.69. The zero-order valence-electron chi connectivity index (χ0n) is 9.89. The van der Waals surface area contributed by atoms with Crippen LogP contribution in [-0.2, 0) is 14.8 Å². The van der Waals surface area contributed by atoms with Crippen LogP contribution in [0, 0.1) is 0 Å². The van der Waals surface area contributed by atoms with Gasteiger partial charge in [-0.05, 0) is 53.7 Å². The number of ether oxygens (including phenoxy) is 1. The van der Waals surface area contributed by atoms with Crippen molar-refractivity contribution in [3.8, 4) is 0 Å². The Morgan fingerprint density at radius 1 is 1.44 bits per heavy atom. The van der Waals surface area contributed by atoms with Crippen LogP contribution in [0.2, 0.25) is 0 Å². The molecule has 1 saturated heterocycles. The Morgan fingerprint density at radius 2 is 2.28 bits per heavy atom. The van der Waals surface area contributed by atoms with Gasteiger partial charge in [-0.25, -0.2) is 13.1 Å². The minimum absolute atomic E-state index is 0.205. The molecule has 0 saturated carbocycles. The van der Waals surface area contributed by atoms with E-state index in [1.54, 1.807) is 12.1 Å². The second-order valence-electron chi connectivity index (χ2n) is 4.23. The van der Waals surface area contributed by atoms with Crippen molar-refractivity contribution in [2.45, 2.75) is 36.0 Å². The summed E-state index contributed by atoms with van der Waals surface area (Å²) in [5.74, 6) is 0. The molecule has 7 heteroatoms. The minimum Gasteiger partial charge on any atom is -0.378 e. The molecule has 1 unspecified atom stereocenters. The molecule has 2 heterocycles. The van der Waals surface area contributed by atoms with Crippen molar-refractivity contribution < 1.29 is 13.2 Å². The SMILES string of the molecule is O=S(=O)(NCCC1CCCCO1)c1ccc(Br)s1. The van der Waals surface area contributed by atoms with Crippen LogP contribution < -0.4 is 4.72 Å². The maximum Gasteiger partial charge on any atom is 0.250 e. The van der Waals surface area contributed by atoms with Crippen molar-refractivity contribution >= 4 is 37.3 Å². The van der Waals surface area contributed by atoms with Gasteiger partial charge in [0.15, 0.2) is 0 Å². The molecular formula is C11H16BrNO3S2. The first-order valence-corrected chi connectivity index (χ1v) is 9.04. The summed E-state index contributed by atoms with van der Waals surface area (Å²) in [6, 6.07) is 3.34. The first kappa shape index (κ1) is 14.5. The molecule has 2 rings (SSSR count). The van der Waals surface area contributed by atoms with Crippen molar-refractivity contribution in [2.75, 3.05) is 13.2 Å². The van der Waals surface area contributed by atoms with Crippen LogP contribution in [0.1, 0.15) is 25.7 Å². The summed E-state index contributed by atoms with van der Waals surface area (Å²) >= 11 is 4.48. The molecule has 0 aromatic carbocycles. The summed E-state index contributed by atoms with van der Waals surface area (Å²) in [4.78, 5) is 0. The summed E-state index contributed by atoms with van der Waals surface area (Å²) in [6.07, 6.45) is 4.27. The molecule has 0 radical (unpaired) electrons. The van der Waals surface area contributed by atoms with Gasteiger partial charge in [-0.2, -0.15) is 0 Å². The standard InChI is InChI=1S/C11H16BrNO3S2/c12-10-4-5-11(17-10)18(14,15)13-7-6-9-3-1-2-8-16-9/h4-5,9,13H,1-3,6-8H2. The first-order valence-electron chi connectivity index (χ1n) is 5.94. The van der Waals surface area contributed by atoms with E-state index < -0.39 is 10.0 Å². The van der Waals surface area contributed by atoms with Crippen LogP contribution in [0.3, 0.4) is 0 Å². The Morgan fingerprint density at radius 3 is 2.89 bits per heavy atom. The summed E-state index contributed by atoms with van der Waals surface area (Å²) in [7, 11) is -3.36. The summed E-state index contributed by atoms with van der Waals surface area (Å²) in [5, 5.41) is 0. The molecule has 0 spiro atoms. The highest BCUT2D eigenvalue weighted by molar-refractivity contribution is 9.11. The van der Waals surface area contributed by atoms with Gasteiger partial charge < -0.3 is 4.74 Å². The van der Waals surface area contributed by atoms with Crippen LogP contribution >= 0.6 is 27.3 Å². The fourth-order valence-corrected chi connectivity index (χ4v) is 5.00. The summed E-state index contributed by atoms with van der Waals surface area (Å²) in [5.41, 5.74) is 0. The third-order valence-corrected chi connectivity index (χ3v) is 6.42. The minimum atomic E-state index is -3.36. The van der Waals surface area contributed by atoms with Gasteiger partial charge in [0.2, 0.25) is 10.0 Å². The lowest BCUT2D eigenvalue weighted by Gasteiger charge is -2.22. The predicted molar refractivity (Wildman–Crippen MR) is 75.4 cm³/mol. The molecule has 1 N–H and O–H groups in total. The van der Waals surface area contributed by atoms with Crippen LogP contribution in [0.25, 0.3) is 0 Å². The Hall–Kier alpha value is 0.0500. The lowest BCUT2D eigenvalue weighted by atomic mass is 10.1. The third-order valence-electron chi connectivity index (χ3n) is 2.85. The van der Waals surface area contributed by atoms with Gasteiger partial charge in [-0.3, -0.25) is 0 Å². The van der Waals surface area contributed by atoms with Gasteiger partial charge in [0, 0.05) is 13.2 Å². The fraction of sp³-hybridized carbons (Fsp3) is 0.636. The largest absolute Gasteiger partial charge is 0.378 e. The molecule has 0 amide bonds. The average Bonchev–Trinajstić information content (AvgIpc) is 2.78. The molecule has 102 valence electrons. The van der Waals surface area contributed by atoms with Crippen LogP contribution in [0.15, 0.2) is 20.1 Å². The van der Waals surface area contributed by atoms with E-state index in [2.05, 4.69) is 20.7 Å². The van der Waals surface area contributed by atoms with Gasteiger partial charge in [-0.15, -0.1) is 11.3 Å². The monoisotopic (exact) mass is 353 g/mol. The van der Waals surface area contributed by atoms with E-state index in [0.29, 0.717) is 10.8 Å². The van der Waals surface area contributed by atoms with E-state index in [1.165, 1.54) is 17.8 Å². The topological polar surface area (TPSA) is 55.4 Å². The molecule has 1 aliphatic heterocycles. The number of hydrogen-bond acceptors (Lipinski definition) is 4. The van der Waals surface area contributed by atoms with Crippen molar-refractivity contribution in [1.29, 1.82) is 0 Å². The van der Waals surface area contributed by atoms with Crippen molar-refractivity contribution in [3.05, 3.63) is 15.9 Å². The predicted octanol–water partition coefficient (Wildman–Crippen LogP) is 2.75. The number of nitrogens with one attached hydrogen (secondary N) is 1. The normalized spacial score (nSPS) is 21.1. The lowest BCUT2D eigenvalue weighted by molar-refractivity contribution is 0.0123. The average molecular weight is 354 g/mol. The highest BCUT2D eigenvalue weighted by Crippen LogP contribution is 2.25. The lowest BCUT2D eigenvalue weighted by Crippen LogP contribution is -2.29. The van der Waals surface area contributed by atoms with Crippen molar-refractivity contribution in [2.24, 2.45) is 0 Å². The molecular weight excluding hydrogens is 338 g/mol. The van der Waals surface area contributed by atoms with Gasteiger partial charge in [0.1, 0.15) is 4.21 Å². The Balaban J connectivity index is 1.82. The molecule has 1 aliphatic rings. The smallest absolute Gasteiger partial charge is 0.250 e. The first-order chi connectivity index (χ1) is 8.58. The van der Waals surface area contributed by atoms with Crippen LogP contribution in [0.5, 0.6) is 0 Å². The number of thiophene rings is 1. The zero-order valence-corrected chi connectivity index (χ0v) is 13.1. The van der Waals surface area contributed by atoms with Gasteiger partial charge in [0.05, 0.1) is 9.89 Å². The Kier molecular flexibility index (Phi) is 5.20. The van der Waals surface area contributed by atoms with Crippen molar-refractivity contribution in [1.82, 2.24) is 4.72 Å². The van der Waals surface area contributed by atoms with E-state index in [1.807, 2.05) is 0 Å². The van der Waals surface area contributed by atoms with E-state index in [4.69, 9.17) is 4.74 Å². The zero-order chi connectivity index (χ0) is 13.0. The van der Waals surface area contributed by atoms with E-state index in [9.17, 15) is 8.42 Å². The maximum atomic E-state index is 11.9. The molecule has 1 aromatic rings. The maximum absolute atomic E-state index is 11.9. The van der Waals surface area contributed by atoms with Gasteiger partial charge in [-0.1, -0.05) is 0 Å². The quantitative estimate of drug-likeness (QED) is 0.885. The van der Waals surface area contributed by atoms with Crippen LogP contribution in [0.4, 0.5) is 0 Å². The summed E-state index contributed by atoms with van der Waals surface area (Å²) in [6.45, 7) is 1.23. The molecule has 1 aromatic heterocycles. The van der Waals surface area contributed by atoms with Gasteiger partial charge >= 0.3 is 0 Å². The number of rotatable bonds is 5. The second kappa shape index (κ2) is 6.47. The molecule has 0 bridgehead atoms. The summed E-state index contributed by atoms with van der Waals surface area (Å²) < 4.78 is 33.2. The number of hydrogen-bond donors (Lipinski definition) is 1. The molecule has 1 fully saturated rings. The Bertz CT molecular complexity index is 480. The van der Waals surface area contributed by atoms with E-state index in [-0.39, 0.29) is 6.10 Å². The fourth-order valence-electron chi connectivity index (χ4n) is 1.90.